The number of rotatable bonds is 2. The number of hydrogen-bond acceptors (Lipinski definition) is 2. The van der Waals surface area contributed by atoms with Gasteiger partial charge in [-0.3, -0.25) is 4.79 Å². The molecule has 1 aromatic carbocycles. The molecule has 4 nitrogen and oxygen atoms in total. The minimum absolute atomic E-state index is 0.00890. The smallest absolute Gasteiger partial charge is 0.306 e. The van der Waals surface area contributed by atoms with E-state index in [2.05, 4.69) is 10.3 Å². The lowest BCUT2D eigenvalue weighted by molar-refractivity contribution is -0.111. The SMILES string of the molecule is CC1=CC(=O)C(C(C)C)=CC1=NC(=O)Nc1ccc(C)cc1. The zero-order valence-electron chi connectivity index (χ0n) is 13.3. The van der Waals surface area contributed by atoms with Gasteiger partial charge in [0.1, 0.15) is 0 Å². The Bertz CT molecular complexity index is 692. The third-order valence-electron chi connectivity index (χ3n) is 3.48. The predicted molar refractivity (Wildman–Crippen MR) is 89.3 cm³/mol. The van der Waals surface area contributed by atoms with Gasteiger partial charge in [0, 0.05) is 11.3 Å². The molecule has 0 heterocycles. The van der Waals surface area contributed by atoms with Crippen molar-refractivity contribution in [2.24, 2.45) is 10.9 Å². The Hall–Kier alpha value is -2.49. The van der Waals surface area contributed by atoms with Crippen LogP contribution in [0.15, 0.2) is 52.6 Å². The molecule has 2 rings (SSSR count). The van der Waals surface area contributed by atoms with Crippen LogP contribution in [-0.4, -0.2) is 17.5 Å². The molecule has 1 aromatic rings. The maximum Gasteiger partial charge on any atom is 0.345 e. The normalized spacial score (nSPS) is 16.6. The second-order valence-corrected chi connectivity index (χ2v) is 5.74. The highest BCUT2D eigenvalue weighted by Crippen LogP contribution is 2.19. The van der Waals surface area contributed by atoms with Crippen LogP contribution in [0.25, 0.3) is 0 Å². The van der Waals surface area contributed by atoms with Gasteiger partial charge < -0.3 is 5.32 Å². The number of nitrogens with one attached hydrogen (secondary N) is 1. The van der Waals surface area contributed by atoms with E-state index >= 15 is 0 Å². The van der Waals surface area contributed by atoms with Crippen LogP contribution in [0, 0.1) is 12.8 Å². The van der Waals surface area contributed by atoms with Gasteiger partial charge in [0.25, 0.3) is 0 Å². The largest absolute Gasteiger partial charge is 0.345 e. The first-order chi connectivity index (χ1) is 10.4. The number of allylic oxidation sites excluding steroid dienone is 4. The Kier molecular flexibility index (Phi) is 4.71. The lowest BCUT2D eigenvalue weighted by Gasteiger charge is -2.15. The number of hydrogen-bond donors (Lipinski definition) is 1. The fourth-order valence-corrected chi connectivity index (χ4v) is 2.16. The molecule has 0 saturated carbocycles. The fourth-order valence-electron chi connectivity index (χ4n) is 2.16. The summed E-state index contributed by atoms with van der Waals surface area (Å²) in [6.07, 6.45) is 3.24. The van der Waals surface area contributed by atoms with Crippen LogP contribution in [0.4, 0.5) is 10.5 Å². The number of urea groups is 1. The van der Waals surface area contributed by atoms with Crippen molar-refractivity contribution in [3.05, 3.63) is 53.1 Å². The topological polar surface area (TPSA) is 58.5 Å². The number of ketones is 1. The minimum Gasteiger partial charge on any atom is -0.306 e. The summed E-state index contributed by atoms with van der Waals surface area (Å²) >= 11 is 0. The monoisotopic (exact) mass is 296 g/mol. The third kappa shape index (κ3) is 3.79. The molecule has 0 unspecified atom stereocenters. The molecule has 0 saturated heterocycles. The van der Waals surface area contributed by atoms with Crippen LogP contribution < -0.4 is 5.32 Å². The molecule has 1 aliphatic rings. The van der Waals surface area contributed by atoms with Crippen molar-refractivity contribution in [2.75, 3.05) is 5.32 Å². The maximum atomic E-state index is 12.0. The van der Waals surface area contributed by atoms with Crippen molar-refractivity contribution < 1.29 is 9.59 Å². The summed E-state index contributed by atoms with van der Waals surface area (Å²) in [4.78, 5) is 28.0. The zero-order chi connectivity index (χ0) is 16.3. The molecular formula is C18H20N2O2. The number of nitrogens with zero attached hydrogens (tertiary/aromatic N) is 1. The average Bonchev–Trinajstić information content (AvgIpc) is 2.44. The summed E-state index contributed by atoms with van der Waals surface area (Å²) in [6, 6.07) is 7.06. The second kappa shape index (κ2) is 6.52. The first-order valence-electron chi connectivity index (χ1n) is 7.27. The van der Waals surface area contributed by atoms with Crippen LogP contribution in [0.1, 0.15) is 26.3 Å². The van der Waals surface area contributed by atoms with E-state index in [1.165, 1.54) is 6.08 Å². The Morgan fingerprint density at radius 2 is 1.73 bits per heavy atom. The molecule has 1 N–H and O–H groups in total. The lowest BCUT2D eigenvalue weighted by Crippen LogP contribution is -2.18. The van der Waals surface area contributed by atoms with E-state index in [9.17, 15) is 9.59 Å². The molecule has 1 aliphatic carbocycles. The van der Waals surface area contributed by atoms with Crippen LogP contribution in [0.3, 0.4) is 0 Å². The van der Waals surface area contributed by atoms with Gasteiger partial charge in [0.15, 0.2) is 5.78 Å². The quantitative estimate of drug-likeness (QED) is 0.836. The molecule has 2 amide bonds. The molecule has 0 atom stereocenters. The molecule has 114 valence electrons. The second-order valence-electron chi connectivity index (χ2n) is 5.74. The van der Waals surface area contributed by atoms with E-state index in [1.807, 2.05) is 45.0 Å². The van der Waals surface area contributed by atoms with Crippen molar-refractivity contribution >= 4 is 23.2 Å². The summed E-state index contributed by atoms with van der Waals surface area (Å²) in [7, 11) is 0. The van der Waals surface area contributed by atoms with E-state index in [-0.39, 0.29) is 11.7 Å². The highest BCUT2D eigenvalue weighted by Gasteiger charge is 2.19. The van der Waals surface area contributed by atoms with Gasteiger partial charge in [0.2, 0.25) is 0 Å². The summed E-state index contributed by atoms with van der Waals surface area (Å²) in [5.74, 6) is 0.0904. The third-order valence-corrected chi connectivity index (χ3v) is 3.48. The van der Waals surface area contributed by atoms with Crippen LogP contribution in [0.2, 0.25) is 0 Å². The van der Waals surface area contributed by atoms with Gasteiger partial charge >= 0.3 is 6.03 Å². The van der Waals surface area contributed by atoms with Crippen LogP contribution in [-0.2, 0) is 4.79 Å². The van der Waals surface area contributed by atoms with Gasteiger partial charge in [-0.2, -0.15) is 4.99 Å². The molecule has 0 aliphatic heterocycles. The summed E-state index contributed by atoms with van der Waals surface area (Å²) < 4.78 is 0. The number of carbonyl (C=O) groups excluding carboxylic acids is 2. The van der Waals surface area contributed by atoms with E-state index in [0.29, 0.717) is 22.5 Å². The van der Waals surface area contributed by atoms with Crippen LogP contribution >= 0.6 is 0 Å². The first-order valence-corrected chi connectivity index (χ1v) is 7.27. The molecule has 22 heavy (non-hydrogen) atoms. The summed E-state index contributed by atoms with van der Waals surface area (Å²) in [6.45, 7) is 7.66. The molecule has 0 radical (unpaired) electrons. The van der Waals surface area contributed by atoms with Crippen molar-refractivity contribution in [1.29, 1.82) is 0 Å². The number of benzene rings is 1. The van der Waals surface area contributed by atoms with E-state index in [4.69, 9.17) is 0 Å². The Morgan fingerprint density at radius 1 is 1.09 bits per heavy atom. The lowest BCUT2D eigenvalue weighted by atomic mass is 9.90. The van der Waals surface area contributed by atoms with Gasteiger partial charge in [0.05, 0.1) is 5.71 Å². The highest BCUT2D eigenvalue weighted by atomic mass is 16.2. The Morgan fingerprint density at radius 3 is 2.32 bits per heavy atom. The molecule has 0 bridgehead atoms. The van der Waals surface area contributed by atoms with Crippen molar-refractivity contribution in [1.82, 2.24) is 0 Å². The first kappa shape index (κ1) is 15.9. The minimum atomic E-state index is -0.444. The summed E-state index contributed by atoms with van der Waals surface area (Å²) in [5, 5.41) is 2.72. The number of aliphatic imine (C=N–C) groups is 1. The van der Waals surface area contributed by atoms with Crippen molar-refractivity contribution in [3.63, 3.8) is 0 Å². The number of amides is 2. The molecule has 0 fully saturated rings. The number of anilines is 1. The van der Waals surface area contributed by atoms with E-state index in [1.54, 1.807) is 13.0 Å². The van der Waals surface area contributed by atoms with Gasteiger partial charge in [-0.05, 0) is 49.6 Å². The molecule has 0 aromatic heterocycles. The van der Waals surface area contributed by atoms with Gasteiger partial charge in [-0.25, -0.2) is 4.79 Å². The Balaban J connectivity index is 2.20. The predicted octanol–water partition coefficient (Wildman–Crippen LogP) is 4.08. The Labute approximate surface area is 130 Å². The zero-order valence-corrected chi connectivity index (χ0v) is 13.3. The maximum absolute atomic E-state index is 12.0. The van der Waals surface area contributed by atoms with Gasteiger partial charge in [-0.15, -0.1) is 0 Å². The number of aryl methyl sites for hydroxylation is 1. The van der Waals surface area contributed by atoms with Gasteiger partial charge in [-0.1, -0.05) is 31.5 Å². The number of carbonyl (C=O) groups is 2. The van der Waals surface area contributed by atoms with Crippen molar-refractivity contribution in [3.8, 4) is 0 Å². The molecule has 0 spiro atoms. The van der Waals surface area contributed by atoms with E-state index < -0.39 is 6.03 Å². The molecule has 4 heteroatoms. The summed E-state index contributed by atoms with van der Waals surface area (Å²) in [5.41, 5.74) is 3.73. The highest BCUT2D eigenvalue weighted by molar-refractivity contribution is 6.24. The standard InChI is InChI=1S/C18H20N2O2/c1-11(2)15-10-16(13(4)9-17(15)21)20-18(22)19-14-7-5-12(3)6-8-14/h5-11H,1-4H3,(H,19,22). The van der Waals surface area contributed by atoms with E-state index in [0.717, 1.165) is 5.56 Å². The van der Waals surface area contributed by atoms with Crippen molar-refractivity contribution in [2.45, 2.75) is 27.7 Å². The fraction of sp³-hybridized carbons (Fsp3) is 0.278. The van der Waals surface area contributed by atoms with Crippen LogP contribution in [0.5, 0.6) is 0 Å². The average molecular weight is 296 g/mol. The molecular weight excluding hydrogens is 276 g/mol.